The van der Waals surface area contributed by atoms with E-state index in [2.05, 4.69) is 105 Å². The van der Waals surface area contributed by atoms with Gasteiger partial charge in [0.2, 0.25) is 0 Å². The highest BCUT2D eigenvalue weighted by Gasteiger charge is 2.53. The molecular formula is C52H42N4. The second kappa shape index (κ2) is 12.4. The maximum atomic E-state index is 9.49. The van der Waals surface area contributed by atoms with Crippen molar-refractivity contribution in [2.24, 2.45) is 17.8 Å². The van der Waals surface area contributed by atoms with Crippen molar-refractivity contribution in [3.8, 4) is 62.5 Å². The molecule has 7 aromatic rings. The first-order chi connectivity index (χ1) is 27.4. The van der Waals surface area contributed by atoms with Gasteiger partial charge in [0.15, 0.2) is 17.5 Å². The largest absolute Gasteiger partial charge is 0.208 e. The Bertz CT molecular complexity index is 2680. The van der Waals surface area contributed by atoms with E-state index in [1.807, 2.05) is 54.6 Å². The Morgan fingerprint density at radius 3 is 1.62 bits per heavy atom. The molecule has 1 aromatic heterocycles. The summed E-state index contributed by atoms with van der Waals surface area (Å²) in [4.78, 5) is 15.3. The van der Waals surface area contributed by atoms with Crippen LogP contribution >= 0.6 is 0 Å². The normalized spacial score (nSPS) is 22.1. The Balaban J connectivity index is 1.15. The fourth-order valence-electron chi connectivity index (χ4n) is 11.7. The van der Waals surface area contributed by atoms with Gasteiger partial charge in [-0.15, -0.1) is 0 Å². The van der Waals surface area contributed by atoms with Crippen LogP contribution in [0.15, 0.2) is 140 Å². The number of nitriles is 1. The molecule has 0 aliphatic heterocycles. The van der Waals surface area contributed by atoms with Crippen molar-refractivity contribution in [1.82, 2.24) is 15.0 Å². The van der Waals surface area contributed by atoms with Crippen LogP contribution in [-0.4, -0.2) is 15.0 Å². The number of hydrogen-bond donors (Lipinski definition) is 0. The molecule has 270 valence electrons. The van der Waals surface area contributed by atoms with Crippen LogP contribution in [-0.2, 0) is 10.8 Å². The van der Waals surface area contributed by atoms with Crippen molar-refractivity contribution < 1.29 is 0 Å². The molecule has 0 saturated heterocycles. The lowest BCUT2D eigenvalue weighted by molar-refractivity contribution is 0.0780. The summed E-state index contributed by atoms with van der Waals surface area (Å²) < 4.78 is 0. The van der Waals surface area contributed by atoms with Gasteiger partial charge < -0.3 is 0 Å². The summed E-state index contributed by atoms with van der Waals surface area (Å²) in [5.74, 6) is 4.13. The van der Waals surface area contributed by atoms with Gasteiger partial charge in [0, 0.05) is 16.7 Å². The highest BCUT2D eigenvalue weighted by molar-refractivity contribution is 5.96. The summed E-state index contributed by atoms with van der Waals surface area (Å²) in [7, 11) is 0. The highest BCUT2D eigenvalue weighted by atomic mass is 15.0. The summed E-state index contributed by atoms with van der Waals surface area (Å²) >= 11 is 0. The molecule has 4 atom stereocenters. The third-order valence-electron chi connectivity index (χ3n) is 13.5. The van der Waals surface area contributed by atoms with Crippen LogP contribution in [0.4, 0.5) is 0 Å². The number of hydrogen-bond acceptors (Lipinski definition) is 4. The third-order valence-corrected chi connectivity index (χ3v) is 13.5. The molecule has 2 saturated carbocycles. The van der Waals surface area contributed by atoms with Crippen molar-refractivity contribution in [3.05, 3.63) is 173 Å². The van der Waals surface area contributed by atoms with E-state index in [4.69, 9.17) is 15.0 Å². The lowest BCUT2D eigenvalue weighted by atomic mass is 9.54. The molecule has 56 heavy (non-hydrogen) atoms. The Morgan fingerprint density at radius 2 is 1.00 bits per heavy atom. The van der Waals surface area contributed by atoms with E-state index in [0.717, 1.165) is 34.4 Å². The second-order valence-electron chi connectivity index (χ2n) is 17.2. The van der Waals surface area contributed by atoms with Gasteiger partial charge in [-0.3, -0.25) is 0 Å². The van der Waals surface area contributed by atoms with Gasteiger partial charge in [0.1, 0.15) is 0 Å². The average Bonchev–Trinajstić information content (AvgIpc) is 3.70. The minimum atomic E-state index is -0.480. The van der Waals surface area contributed by atoms with Gasteiger partial charge in [-0.2, -0.15) is 5.26 Å². The van der Waals surface area contributed by atoms with E-state index in [-0.39, 0.29) is 5.41 Å². The fourth-order valence-corrected chi connectivity index (χ4v) is 11.7. The van der Waals surface area contributed by atoms with Crippen LogP contribution < -0.4 is 0 Å². The number of nitrogens with zero attached hydrogens (tertiary/aromatic N) is 4. The van der Waals surface area contributed by atoms with Crippen LogP contribution in [0.25, 0.3) is 56.4 Å². The molecule has 2 fully saturated rings. The van der Waals surface area contributed by atoms with Gasteiger partial charge in [0.05, 0.1) is 17.0 Å². The van der Waals surface area contributed by atoms with Crippen LogP contribution in [0.3, 0.4) is 0 Å². The van der Waals surface area contributed by atoms with E-state index >= 15 is 0 Å². The zero-order valence-corrected chi connectivity index (χ0v) is 31.8. The van der Waals surface area contributed by atoms with Gasteiger partial charge in [0.25, 0.3) is 0 Å². The molecule has 4 aliphatic carbocycles. The number of fused-ring (bicyclic) bond motifs is 12. The summed E-state index contributed by atoms with van der Waals surface area (Å²) in [6.45, 7) is 4.98. The first-order valence-corrected chi connectivity index (χ1v) is 20.3. The lowest BCUT2D eigenvalue weighted by Crippen LogP contribution is -2.42. The molecular weight excluding hydrogens is 681 g/mol. The summed E-state index contributed by atoms with van der Waals surface area (Å²) in [5, 5.41) is 9.49. The van der Waals surface area contributed by atoms with Crippen LogP contribution in [0.1, 0.15) is 79.3 Å². The van der Waals surface area contributed by atoms with E-state index in [1.54, 1.807) is 0 Å². The minimum absolute atomic E-state index is 0.217. The zero-order valence-electron chi connectivity index (χ0n) is 31.8. The maximum absolute atomic E-state index is 9.49. The average molecular weight is 723 g/mol. The van der Waals surface area contributed by atoms with Gasteiger partial charge in [-0.1, -0.05) is 123 Å². The zero-order chi connectivity index (χ0) is 37.6. The molecule has 0 radical (unpaired) electrons. The molecule has 2 unspecified atom stereocenters. The second-order valence-corrected chi connectivity index (χ2v) is 17.2. The summed E-state index contributed by atoms with van der Waals surface area (Å²) in [5.41, 5.74) is 15.2. The molecule has 2 bridgehead atoms. The molecule has 0 amide bonds. The molecule has 6 aromatic carbocycles. The Morgan fingerprint density at radius 1 is 0.500 bits per heavy atom. The Labute approximate surface area is 329 Å². The predicted molar refractivity (Wildman–Crippen MR) is 224 cm³/mol. The van der Waals surface area contributed by atoms with Crippen molar-refractivity contribution in [2.45, 2.75) is 56.8 Å². The summed E-state index contributed by atoms with van der Waals surface area (Å²) in [6, 6.07) is 52.5. The highest BCUT2D eigenvalue weighted by Crippen LogP contribution is 2.64. The standard InChI is InChI=1S/C52H42N4/c1-32-24-35-25-33(2)29-51(28-32,30-35)39-21-23-43-42-22-20-38(26-46(42)52(47(43)27-39)44-14-8-6-12-40(44)41-13-7-9-15-45(41)52)50-55-48(36-10-4-3-5-11-36)54-49(56-50)37-18-16-34(31-53)17-19-37/h3-23,26-27,32-33,35H,24-25,28-30H2,1-2H3/t32-,33+,35?,51?. The van der Waals surface area contributed by atoms with Crippen molar-refractivity contribution >= 4 is 0 Å². The van der Waals surface area contributed by atoms with E-state index in [9.17, 15) is 5.26 Å². The topological polar surface area (TPSA) is 62.5 Å². The van der Waals surface area contributed by atoms with Crippen molar-refractivity contribution in [2.75, 3.05) is 0 Å². The first kappa shape index (κ1) is 33.2. The van der Waals surface area contributed by atoms with Gasteiger partial charge in [-0.05, 0) is 136 Å². The quantitative estimate of drug-likeness (QED) is 0.181. The minimum Gasteiger partial charge on any atom is -0.208 e. The molecule has 4 nitrogen and oxygen atoms in total. The van der Waals surface area contributed by atoms with E-state index < -0.39 is 5.41 Å². The van der Waals surface area contributed by atoms with Crippen LogP contribution in [0.5, 0.6) is 0 Å². The molecule has 1 heterocycles. The molecule has 1 spiro atoms. The monoisotopic (exact) mass is 722 g/mol. The van der Waals surface area contributed by atoms with Gasteiger partial charge in [-0.25, -0.2) is 15.0 Å². The predicted octanol–water partition coefficient (Wildman–Crippen LogP) is 12.2. The van der Waals surface area contributed by atoms with E-state index in [1.165, 1.54) is 82.2 Å². The summed E-state index contributed by atoms with van der Waals surface area (Å²) in [6.07, 6.45) is 6.59. The molecule has 4 heteroatoms. The molecule has 11 rings (SSSR count). The first-order valence-electron chi connectivity index (χ1n) is 20.3. The number of aromatic nitrogens is 3. The van der Waals surface area contributed by atoms with Crippen LogP contribution in [0.2, 0.25) is 0 Å². The van der Waals surface area contributed by atoms with E-state index in [0.29, 0.717) is 23.0 Å². The third kappa shape index (κ3) is 4.86. The SMILES string of the molecule is C[C@@H]1CC2C[C@H](C)CC(c3ccc4c(c3)C3(c5ccccc5-c5ccccc53)c3cc(-c5nc(-c6ccccc6)nc(-c6ccc(C#N)cc6)n5)ccc3-4)(C2)C1. The lowest BCUT2D eigenvalue weighted by Gasteiger charge is -2.50. The van der Waals surface area contributed by atoms with Crippen molar-refractivity contribution in [1.29, 1.82) is 5.26 Å². The number of rotatable bonds is 4. The smallest absolute Gasteiger partial charge is 0.164 e. The Kier molecular flexibility index (Phi) is 7.36. The maximum Gasteiger partial charge on any atom is 0.164 e. The van der Waals surface area contributed by atoms with Gasteiger partial charge >= 0.3 is 0 Å². The Hall–Kier alpha value is -6.18. The number of benzene rings is 6. The molecule has 0 N–H and O–H groups in total. The van der Waals surface area contributed by atoms with Crippen molar-refractivity contribution in [3.63, 3.8) is 0 Å². The van der Waals surface area contributed by atoms with Crippen LogP contribution in [0, 0.1) is 29.1 Å². The fraction of sp³-hybridized carbons (Fsp3) is 0.231. The molecule has 4 aliphatic rings.